The van der Waals surface area contributed by atoms with E-state index in [1.165, 1.54) is 4.57 Å². The molecule has 3 heterocycles. The Kier molecular flexibility index (Phi) is 5.92. The Bertz CT molecular complexity index is 3640. The van der Waals surface area contributed by atoms with Crippen molar-refractivity contribution in [2.45, 2.75) is 0 Å². The fourth-order valence-corrected chi connectivity index (χ4v) is 8.61. The second kappa shape index (κ2) is 13.3. The summed E-state index contributed by atoms with van der Waals surface area (Å²) in [6, 6.07) is 44.2. The number of nitrogens with zero attached hydrogens (tertiary/aromatic N) is 4. The van der Waals surface area contributed by atoms with Crippen molar-refractivity contribution in [2.24, 2.45) is 0 Å². The van der Waals surface area contributed by atoms with Crippen LogP contribution in [0.1, 0.15) is 11.0 Å². The molecule has 11 aromatic rings. The topological polar surface area (TPSA) is 43.6 Å². The van der Waals surface area contributed by atoms with Gasteiger partial charge in [0.15, 0.2) is 17.5 Å². The molecule has 0 fully saturated rings. The molecule has 0 bridgehead atoms. The van der Waals surface area contributed by atoms with Crippen LogP contribution in [0.4, 0.5) is 0 Å². The summed E-state index contributed by atoms with van der Waals surface area (Å²) in [6.45, 7) is 0. The van der Waals surface area contributed by atoms with E-state index in [9.17, 15) is 2.74 Å². The average Bonchev–Trinajstić information content (AvgIpc) is 3.90. The van der Waals surface area contributed by atoms with E-state index in [1.807, 2.05) is 109 Å². The third kappa shape index (κ3) is 5.48. The van der Waals surface area contributed by atoms with E-state index in [0.29, 0.717) is 22.9 Å². The highest BCUT2D eigenvalue weighted by molar-refractivity contribution is 7.25. The lowest BCUT2D eigenvalue weighted by Gasteiger charge is -2.16. The minimum atomic E-state index is -0.511. The van der Waals surface area contributed by atoms with Crippen LogP contribution in [0.15, 0.2) is 194 Å². The Hall–Kier alpha value is -7.21. The van der Waals surface area contributed by atoms with E-state index in [2.05, 4.69) is 30.3 Å². The third-order valence-corrected chi connectivity index (χ3v) is 11.3. The quantitative estimate of drug-likeness (QED) is 0.170. The molecule has 11 rings (SSSR count). The highest BCUT2D eigenvalue weighted by atomic mass is 32.1. The molecule has 0 aliphatic rings. The summed E-state index contributed by atoms with van der Waals surface area (Å²) >= 11 is 1.68. The molecule has 0 aliphatic carbocycles. The molecule has 5 heteroatoms. The Morgan fingerprint density at radius 1 is 0.393 bits per heavy atom. The largest absolute Gasteiger partial charge is 0.309 e. The number of hydrogen-bond donors (Lipinski definition) is 0. The number of rotatable bonds is 6. The average molecular weight is 741 g/mol. The molecular weight excluding hydrogens is 701 g/mol. The van der Waals surface area contributed by atoms with Crippen molar-refractivity contribution in [3.8, 4) is 62.1 Å². The molecule has 0 saturated carbocycles. The fourth-order valence-electron chi connectivity index (χ4n) is 7.47. The smallest absolute Gasteiger partial charge is 0.166 e. The summed E-state index contributed by atoms with van der Waals surface area (Å²) in [5.41, 5.74) is 5.99. The van der Waals surface area contributed by atoms with Crippen LogP contribution in [0.3, 0.4) is 0 Å². The van der Waals surface area contributed by atoms with Crippen LogP contribution in [0.2, 0.25) is 0 Å². The lowest BCUT2D eigenvalue weighted by Crippen LogP contribution is -2.04. The van der Waals surface area contributed by atoms with Crippen LogP contribution in [0.5, 0.6) is 0 Å². The van der Waals surface area contributed by atoms with Crippen LogP contribution in [-0.4, -0.2) is 19.5 Å². The highest BCUT2D eigenvalue weighted by Crippen LogP contribution is 2.40. The van der Waals surface area contributed by atoms with Crippen molar-refractivity contribution >= 4 is 53.3 Å². The van der Waals surface area contributed by atoms with E-state index in [4.69, 9.17) is 23.2 Å². The second-order valence-corrected chi connectivity index (χ2v) is 14.5. The minimum absolute atomic E-state index is 0.000788. The Labute approximate surface area is 338 Å². The number of hydrogen-bond acceptors (Lipinski definition) is 4. The standard InChI is InChI=1S/C51H32N4S/c1-3-14-33(15-4-1)35-18-13-19-36(30-35)37-27-29-46(55-44-23-10-7-20-39(44)40-21-8-11-24-45(40)55)43(31-37)51-53-49(34-16-5-2-6-17-34)52-50(54-51)38-26-28-42-41-22-9-12-25-47(41)56-48(42)32-38/h1-32H/i7D,8D,10D,11D,20D,21D,23D,24D. The van der Waals surface area contributed by atoms with Gasteiger partial charge in [-0.05, 0) is 64.7 Å². The van der Waals surface area contributed by atoms with E-state index in [-0.39, 0.29) is 27.6 Å². The summed E-state index contributed by atoms with van der Waals surface area (Å²) < 4.78 is 75.3. The van der Waals surface area contributed by atoms with E-state index >= 15 is 0 Å². The number of aromatic nitrogens is 4. The number of thiophene rings is 1. The zero-order valence-corrected chi connectivity index (χ0v) is 30.4. The normalized spacial score (nSPS) is 13.6. The molecule has 4 nitrogen and oxygen atoms in total. The first-order valence-electron chi connectivity index (χ1n) is 22.1. The van der Waals surface area contributed by atoms with E-state index < -0.39 is 48.3 Å². The predicted molar refractivity (Wildman–Crippen MR) is 234 cm³/mol. The van der Waals surface area contributed by atoms with Gasteiger partial charge in [0, 0.05) is 47.6 Å². The van der Waals surface area contributed by atoms with Gasteiger partial charge >= 0.3 is 0 Å². The summed E-state index contributed by atoms with van der Waals surface area (Å²) in [4.78, 5) is 15.4. The summed E-state index contributed by atoms with van der Waals surface area (Å²) in [5, 5.41) is 2.25. The lowest BCUT2D eigenvalue weighted by atomic mass is 9.97. The van der Waals surface area contributed by atoms with E-state index in [1.54, 1.807) is 17.4 Å². The lowest BCUT2D eigenvalue weighted by molar-refractivity contribution is 1.07. The van der Waals surface area contributed by atoms with Crippen molar-refractivity contribution in [2.75, 3.05) is 0 Å². The van der Waals surface area contributed by atoms with Gasteiger partial charge in [-0.25, -0.2) is 15.0 Å². The third-order valence-electron chi connectivity index (χ3n) is 10.1. The van der Waals surface area contributed by atoms with Gasteiger partial charge in [-0.15, -0.1) is 11.3 Å². The van der Waals surface area contributed by atoms with Gasteiger partial charge in [-0.1, -0.05) is 152 Å². The molecule has 0 amide bonds. The fraction of sp³-hybridized carbons (Fsp3) is 0. The maximum atomic E-state index is 9.28. The van der Waals surface area contributed by atoms with E-state index in [0.717, 1.165) is 53.6 Å². The Balaban J connectivity index is 1.25. The maximum Gasteiger partial charge on any atom is 0.166 e. The first-order valence-corrected chi connectivity index (χ1v) is 18.9. The number of benzene rings is 8. The van der Waals surface area contributed by atoms with Crippen molar-refractivity contribution in [1.29, 1.82) is 0 Å². The highest BCUT2D eigenvalue weighted by Gasteiger charge is 2.21. The van der Waals surface area contributed by atoms with Crippen molar-refractivity contribution < 1.29 is 11.0 Å². The van der Waals surface area contributed by atoms with Crippen LogP contribution >= 0.6 is 11.3 Å². The van der Waals surface area contributed by atoms with Crippen molar-refractivity contribution in [1.82, 2.24) is 19.5 Å². The summed E-state index contributed by atoms with van der Waals surface area (Å²) in [5.74, 6) is 1.04. The molecule has 8 aromatic carbocycles. The molecule has 0 saturated heterocycles. The predicted octanol–water partition coefficient (Wildman–Crippen LogP) is 13.7. The molecule has 0 spiro atoms. The van der Waals surface area contributed by atoms with Gasteiger partial charge in [-0.3, -0.25) is 0 Å². The molecule has 0 N–H and O–H groups in total. The first-order chi connectivity index (χ1) is 31.1. The second-order valence-electron chi connectivity index (χ2n) is 13.4. The summed E-state index contributed by atoms with van der Waals surface area (Å²) in [6.07, 6.45) is 0. The Morgan fingerprint density at radius 2 is 0.946 bits per heavy atom. The van der Waals surface area contributed by atoms with Gasteiger partial charge < -0.3 is 4.57 Å². The zero-order chi connectivity index (χ0) is 44.0. The van der Waals surface area contributed by atoms with Crippen LogP contribution < -0.4 is 0 Å². The van der Waals surface area contributed by atoms with Crippen LogP contribution in [0.25, 0.3) is 104 Å². The van der Waals surface area contributed by atoms with Crippen molar-refractivity contribution in [3.05, 3.63) is 194 Å². The monoisotopic (exact) mass is 740 g/mol. The van der Waals surface area contributed by atoms with Gasteiger partial charge in [0.05, 0.1) is 27.7 Å². The molecule has 0 unspecified atom stereocenters. The molecule has 3 aromatic heterocycles. The van der Waals surface area contributed by atoms with Gasteiger partial charge in [0.1, 0.15) is 0 Å². The molecular formula is C51H32N4S. The zero-order valence-electron chi connectivity index (χ0n) is 37.6. The summed E-state index contributed by atoms with van der Waals surface area (Å²) in [7, 11) is 0. The van der Waals surface area contributed by atoms with Gasteiger partial charge in [-0.2, -0.15) is 0 Å². The van der Waals surface area contributed by atoms with Gasteiger partial charge in [0.25, 0.3) is 0 Å². The van der Waals surface area contributed by atoms with Gasteiger partial charge in [0.2, 0.25) is 0 Å². The molecule has 262 valence electrons. The van der Waals surface area contributed by atoms with Crippen LogP contribution in [0, 0.1) is 0 Å². The molecule has 0 radical (unpaired) electrons. The number of fused-ring (bicyclic) bond motifs is 6. The molecule has 0 atom stereocenters. The first kappa shape index (κ1) is 25.0. The van der Waals surface area contributed by atoms with Crippen molar-refractivity contribution in [3.63, 3.8) is 0 Å². The molecule has 0 aliphatic heterocycles. The Morgan fingerprint density at radius 3 is 1.70 bits per heavy atom. The molecule has 56 heavy (non-hydrogen) atoms. The van der Waals surface area contributed by atoms with Crippen LogP contribution in [-0.2, 0) is 0 Å². The number of para-hydroxylation sites is 2. The SMILES string of the molecule is [2H]c1c([2H])c([2H])c2c(c1[2H])c1c([2H])c([2H])c([2H])c([2H])c1n2-c1ccc(-c2cccc(-c3ccccc3)c2)cc1-c1nc(-c2ccccc2)nc(-c2ccc3c(c2)sc2ccccc23)n1. The minimum Gasteiger partial charge on any atom is -0.309 e. The maximum absolute atomic E-state index is 9.28.